The Morgan fingerprint density at radius 3 is 2.57 bits per heavy atom. The molecule has 0 spiro atoms. The molecule has 0 saturated carbocycles. The molecule has 0 fully saturated rings. The van der Waals surface area contributed by atoms with Gasteiger partial charge in [0.2, 0.25) is 0 Å². The first-order chi connectivity index (χ1) is 10.0. The summed E-state index contributed by atoms with van der Waals surface area (Å²) in [6.45, 7) is 6.33. The summed E-state index contributed by atoms with van der Waals surface area (Å²) in [5.74, 6) is 0.654. The van der Waals surface area contributed by atoms with Gasteiger partial charge in [0.1, 0.15) is 5.03 Å². The number of nitrogens with one attached hydrogen (secondary N) is 1. The lowest BCUT2D eigenvalue weighted by molar-refractivity contribution is 0.550. The number of hydrogen-bond donors (Lipinski definition) is 1. The average molecular weight is 430 g/mol. The van der Waals surface area contributed by atoms with Crippen molar-refractivity contribution in [3.05, 3.63) is 51.0 Å². The lowest BCUT2D eigenvalue weighted by atomic mass is 10.2. The molecule has 0 unspecified atom stereocenters. The normalized spacial score (nSPS) is 11.1. The van der Waals surface area contributed by atoms with E-state index in [1.165, 1.54) is 10.5 Å². The number of benzene rings is 1. The summed E-state index contributed by atoms with van der Waals surface area (Å²) in [6.07, 6.45) is 1.83. The highest BCUT2D eigenvalue weighted by Crippen LogP contribution is 2.31. The van der Waals surface area contributed by atoms with Crippen LogP contribution in [0.3, 0.4) is 0 Å². The number of aromatic nitrogens is 1. The molecule has 0 saturated heterocycles. The predicted molar refractivity (Wildman–Crippen MR) is 96.7 cm³/mol. The van der Waals surface area contributed by atoms with E-state index in [1.807, 2.05) is 18.3 Å². The molecule has 2 aromatic rings. The van der Waals surface area contributed by atoms with Crippen LogP contribution in [0.4, 0.5) is 0 Å². The Morgan fingerprint density at radius 1 is 1.14 bits per heavy atom. The minimum absolute atomic E-state index is 0.654. The van der Waals surface area contributed by atoms with Gasteiger partial charge in [0.05, 0.1) is 0 Å². The maximum absolute atomic E-state index is 4.43. The molecule has 0 aliphatic heterocycles. The van der Waals surface area contributed by atoms with Crippen molar-refractivity contribution in [2.75, 3.05) is 6.54 Å². The van der Waals surface area contributed by atoms with Crippen LogP contribution < -0.4 is 5.32 Å². The second kappa shape index (κ2) is 8.32. The van der Waals surface area contributed by atoms with Gasteiger partial charge in [-0.3, -0.25) is 0 Å². The van der Waals surface area contributed by atoms with E-state index in [0.717, 1.165) is 27.1 Å². The highest BCUT2D eigenvalue weighted by Gasteiger charge is 2.07. The Kier molecular flexibility index (Phi) is 6.74. The smallest absolute Gasteiger partial charge is 0.101 e. The Labute approximate surface area is 147 Å². The van der Waals surface area contributed by atoms with Gasteiger partial charge in [-0.25, -0.2) is 4.98 Å². The van der Waals surface area contributed by atoms with E-state index in [9.17, 15) is 0 Å². The highest BCUT2D eigenvalue weighted by molar-refractivity contribution is 9.10. The van der Waals surface area contributed by atoms with Gasteiger partial charge in [0, 0.05) is 26.6 Å². The van der Waals surface area contributed by atoms with Crippen LogP contribution in [0.2, 0.25) is 0 Å². The molecule has 1 N–H and O–H groups in total. The zero-order valence-corrected chi connectivity index (χ0v) is 16.1. The van der Waals surface area contributed by atoms with Crippen LogP contribution in [-0.4, -0.2) is 11.5 Å². The van der Waals surface area contributed by atoms with Crippen molar-refractivity contribution in [3.63, 3.8) is 0 Å². The average Bonchev–Trinajstić information content (AvgIpc) is 2.43. The minimum atomic E-state index is 0.654. The summed E-state index contributed by atoms with van der Waals surface area (Å²) >= 11 is 8.67. The Bertz CT molecular complexity index is 585. The van der Waals surface area contributed by atoms with Crippen molar-refractivity contribution < 1.29 is 0 Å². The van der Waals surface area contributed by atoms with E-state index in [0.29, 0.717) is 5.92 Å². The van der Waals surface area contributed by atoms with E-state index in [4.69, 9.17) is 0 Å². The van der Waals surface area contributed by atoms with Crippen molar-refractivity contribution in [2.24, 2.45) is 5.92 Å². The van der Waals surface area contributed by atoms with Gasteiger partial charge in [-0.2, -0.15) is 0 Å². The molecular weight excluding hydrogens is 412 g/mol. The summed E-state index contributed by atoms with van der Waals surface area (Å²) < 4.78 is 2.11. The van der Waals surface area contributed by atoms with E-state index < -0.39 is 0 Å². The lowest BCUT2D eigenvalue weighted by Gasteiger charge is -2.12. The molecule has 2 nitrogen and oxygen atoms in total. The maximum atomic E-state index is 4.43. The first kappa shape index (κ1) is 17.0. The maximum Gasteiger partial charge on any atom is 0.101 e. The largest absolute Gasteiger partial charge is 0.312 e. The molecule has 0 amide bonds. The van der Waals surface area contributed by atoms with E-state index in [-0.39, 0.29) is 0 Å². The van der Waals surface area contributed by atoms with E-state index in [2.05, 4.69) is 74.2 Å². The molecule has 1 aromatic carbocycles. The van der Waals surface area contributed by atoms with Crippen LogP contribution in [-0.2, 0) is 6.54 Å². The quantitative estimate of drug-likeness (QED) is 0.655. The Balaban J connectivity index is 2.12. The summed E-state index contributed by atoms with van der Waals surface area (Å²) in [4.78, 5) is 5.67. The third kappa shape index (κ3) is 5.74. The van der Waals surface area contributed by atoms with Crippen LogP contribution in [0.1, 0.15) is 19.4 Å². The predicted octanol–water partition coefficient (Wildman–Crippen LogP) is 5.50. The number of hydrogen-bond acceptors (Lipinski definition) is 3. The number of nitrogens with zero attached hydrogens (tertiary/aromatic N) is 1. The zero-order chi connectivity index (χ0) is 15.2. The highest BCUT2D eigenvalue weighted by atomic mass is 79.9. The molecule has 0 aliphatic rings. The summed E-state index contributed by atoms with van der Waals surface area (Å²) in [6, 6.07) is 10.4. The van der Waals surface area contributed by atoms with Crippen LogP contribution in [0.25, 0.3) is 0 Å². The van der Waals surface area contributed by atoms with Gasteiger partial charge in [0.15, 0.2) is 0 Å². The van der Waals surface area contributed by atoms with Crippen LogP contribution in [0.5, 0.6) is 0 Å². The minimum Gasteiger partial charge on any atom is -0.312 e. The number of pyridine rings is 1. The third-order valence-electron chi connectivity index (χ3n) is 2.81. The van der Waals surface area contributed by atoms with Gasteiger partial charge in [-0.05, 0) is 64.3 Å². The lowest BCUT2D eigenvalue weighted by Crippen LogP contribution is -2.19. The molecule has 0 aliphatic carbocycles. The van der Waals surface area contributed by atoms with Crippen LogP contribution in [0.15, 0.2) is 55.4 Å². The summed E-state index contributed by atoms with van der Waals surface area (Å²) in [5.41, 5.74) is 1.29. The van der Waals surface area contributed by atoms with Crippen molar-refractivity contribution >= 4 is 43.6 Å². The molecule has 1 aromatic heterocycles. The van der Waals surface area contributed by atoms with Crippen molar-refractivity contribution in [3.8, 4) is 0 Å². The van der Waals surface area contributed by atoms with E-state index in [1.54, 1.807) is 11.8 Å². The Morgan fingerprint density at radius 2 is 1.90 bits per heavy atom. The van der Waals surface area contributed by atoms with Gasteiger partial charge in [0.25, 0.3) is 0 Å². The zero-order valence-electron chi connectivity index (χ0n) is 12.1. The standard InChI is InChI=1S/C16H18Br2N2S/c1-11(2)8-19-9-12-7-13(17)3-5-15(12)21-16-6-4-14(18)10-20-16/h3-7,10-11,19H,8-9H2,1-2H3. The first-order valence-corrected chi connectivity index (χ1v) is 9.23. The molecule has 21 heavy (non-hydrogen) atoms. The molecule has 112 valence electrons. The molecule has 0 bridgehead atoms. The third-order valence-corrected chi connectivity index (χ3v) is 4.84. The van der Waals surface area contributed by atoms with Crippen LogP contribution in [0, 0.1) is 5.92 Å². The second-order valence-electron chi connectivity index (χ2n) is 5.19. The molecule has 2 rings (SSSR count). The monoisotopic (exact) mass is 428 g/mol. The first-order valence-electron chi connectivity index (χ1n) is 6.83. The molecule has 5 heteroatoms. The van der Waals surface area contributed by atoms with Gasteiger partial charge >= 0.3 is 0 Å². The number of rotatable bonds is 6. The van der Waals surface area contributed by atoms with Crippen molar-refractivity contribution in [2.45, 2.75) is 30.3 Å². The number of halogens is 2. The Hall–Kier alpha value is -0.360. The fourth-order valence-electron chi connectivity index (χ4n) is 1.82. The second-order valence-corrected chi connectivity index (χ2v) is 8.09. The topological polar surface area (TPSA) is 24.9 Å². The SMILES string of the molecule is CC(C)CNCc1cc(Br)ccc1Sc1ccc(Br)cn1. The van der Waals surface area contributed by atoms with Crippen molar-refractivity contribution in [1.82, 2.24) is 10.3 Å². The molecule has 1 heterocycles. The van der Waals surface area contributed by atoms with Crippen molar-refractivity contribution in [1.29, 1.82) is 0 Å². The van der Waals surface area contributed by atoms with Gasteiger partial charge in [-0.15, -0.1) is 0 Å². The van der Waals surface area contributed by atoms with Gasteiger partial charge < -0.3 is 5.32 Å². The molecule has 0 radical (unpaired) electrons. The molecular formula is C16H18Br2N2S. The van der Waals surface area contributed by atoms with Gasteiger partial charge in [-0.1, -0.05) is 41.5 Å². The fraction of sp³-hybridized carbons (Fsp3) is 0.312. The summed E-state index contributed by atoms with van der Waals surface area (Å²) in [5, 5.41) is 4.51. The van der Waals surface area contributed by atoms with Crippen LogP contribution >= 0.6 is 43.6 Å². The summed E-state index contributed by atoms with van der Waals surface area (Å²) in [7, 11) is 0. The van der Waals surface area contributed by atoms with E-state index >= 15 is 0 Å². The fourth-order valence-corrected chi connectivity index (χ4v) is 3.32. The molecule has 0 atom stereocenters.